The number of hydrogen-bond acceptors (Lipinski definition) is 2. The molecule has 2 N–H and O–H groups in total. The van der Waals surface area contributed by atoms with E-state index in [4.69, 9.17) is 4.74 Å². The number of nitrogens with zero attached hydrogens (tertiary/aromatic N) is 1. The van der Waals surface area contributed by atoms with Gasteiger partial charge in [0.25, 0.3) is 0 Å². The van der Waals surface area contributed by atoms with E-state index in [-0.39, 0.29) is 11.2 Å². The second-order valence-electron chi connectivity index (χ2n) is 6.40. The molecule has 1 fully saturated rings. The van der Waals surface area contributed by atoms with Crippen molar-refractivity contribution in [2.24, 2.45) is 4.99 Å². The van der Waals surface area contributed by atoms with Gasteiger partial charge in [-0.2, -0.15) is 0 Å². The lowest BCUT2D eigenvalue weighted by Crippen LogP contribution is -2.49. The number of benzene rings is 1. The molecule has 1 saturated carbocycles. The third-order valence-electron chi connectivity index (χ3n) is 4.80. The van der Waals surface area contributed by atoms with Crippen molar-refractivity contribution >= 4 is 5.96 Å². The molecule has 134 valence electrons. The first-order valence-corrected chi connectivity index (χ1v) is 8.98. The fourth-order valence-corrected chi connectivity index (χ4v) is 3.13. The molecule has 1 aliphatic rings. The van der Waals surface area contributed by atoms with Crippen LogP contribution in [0.1, 0.15) is 44.6 Å². The monoisotopic (exact) mass is 335 g/mol. The Morgan fingerprint density at radius 1 is 1.21 bits per heavy atom. The summed E-state index contributed by atoms with van der Waals surface area (Å²) >= 11 is 0. The van der Waals surface area contributed by atoms with Crippen molar-refractivity contribution in [1.29, 1.82) is 0 Å². The van der Waals surface area contributed by atoms with Crippen LogP contribution in [0.3, 0.4) is 0 Å². The minimum Gasteiger partial charge on any atom is -0.382 e. The summed E-state index contributed by atoms with van der Waals surface area (Å²) in [6, 6.07) is 6.95. The molecule has 0 aliphatic heterocycles. The summed E-state index contributed by atoms with van der Waals surface area (Å²) in [7, 11) is 1.79. The third kappa shape index (κ3) is 5.20. The smallest absolute Gasteiger partial charge is 0.191 e. The van der Waals surface area contributed by atoms with Crippen molar-refractivity contribution in [3.63, 3.8) is 0 Å². The van der Waals surface area contributed by atoms with Gasteiger partial charge in [0, 0.05) is 38.8 Å². The highest BCUT2D eigenvalue weighted by Crippen LogP contribution is 2.43. The molecule has 0 amide bonds. The predicted molar refractivity (Wildman–Crippen MR) is 97.0 cm³/mol. The summed E-state index contributed by atoms with van der Waals surface area (Å²) in [6.45, 7) is 5.33. The van der Waals surface area contributed by atoms with Crippen LogP contribution in [-0.4, -0.2) is 39.3 Å². The maximum atomic E-state index is 13.2. The number of hydrogen-bond donors (Lipinski definition) is 2. The van der Waals surface area contributed by atoms with E-state index in [1.54, 1.807) is 19.2 Å². The molecule has 0 spiro atoms. The first kappa shape index (κ1) is 18.7. The average Bonchev–Trinajstić information content (AvgIpc) is 2.56. The number of ether oxygens (including phenoxy) is 1. The second-order valence-corrected chi connectivity index (χ2v) is 6.40. The Balaban J connectivity index is 1.78. The molecule has 0 unspecified atom stereocenters. The Labute approximate surface area is 144 Å². The van der Waals surface area contributed by atoms with Gasteiger partial charge in [0.2, 0.25) is 0 Å². The van der Waals surface area contributed by atoms with Gasteiger partial charge >= 0.3 is 0 Å². The van der Waals surface area contributed by atoms with Crippen LogP contribution in [0.4, 0.5) is 4.39 Å². The SMILES string of the molecule is CCOCCCCNC(=NC)NCC1(c2ccc(F)cc2)CCC1. The quantitative estimate of drug-likeness (QED) is 0.414. The van der Waals surface area contributed by atoms with Crippen molar-refractivity contribution in [3.05, 3.63) is 35.6 Å². The summed E-state index contributed by atoms with van der Waals surface area (Å²) < 4.78 is 18.5. The number of guanidine groups is 1. The molecule has 0 radical (unpaired) electrons. The lowest BCUT2D eigenvalue weighted by atomic mass is 9.64. The number of aliphatic imine (C=N–C) groups is 1. The molecular formula is C19H30FN3O. The normalized spacial score (nSPS) is 16.5. The molecule has 1 aliphatic carbocycles. The number of rotatable bonds is 9. The summed E-state index contributed by atoms with van der Waals surface area (Å²) in [6.07, 6.45) is 5.61. The Hall–Kier alpha value is -1.62. The molecule has 4 nitrogen and oxygen atoms in total. The summed E-state index contributed by atoms with van der Waals surface area (Å²) in [5, 5.41) is 6.79. The van der Waals surface area contributed by atoms with E-state index < -0.39 is 0 Å². The molecule has 24 heavy (non-hydrogen) atoms. The van der Waals surface area contributed by atoms with E-state index >= 15 is 0 Å². The highest BCUT2D eigenvalue weighted by molar-refractivity contribution is 5.79. The lowest BCUT2D eigenvalue weighted by molar-refractivity contribution is 0.143. The Morgan fingerprint density at radius 2 is 1.96 bits per heavy atom. The second kappa shape index (κ2) is 9.62. The molecule has 0 aromatic heterocycles. The standard InChI is InChI=1S/C19H30FN3O/c1-3-24-14-5-4-13-22-18(21-2)23-15-19(11-6-12-19)16-7-9-17(20)10-8-16/h7-10H,3-6,11-15H2,1-2H3,(H2,21,22,23). The first-order valence-electron chi connectivity index (χ1n) is 8.98. The number of halogens is 1. The van der Waals surface area contributed by atoms with Crippen LogP contribution >= 0.6 is 0 Å². The van der Waals surface area contributed by atoms with Gasteiger partial charge in [0.1, 0.15) is 5.82 Å². The van der Waals surface area contributed by atoms with E-state index in [9.17, 15) is 4.39 Å². The summed E-state index contributed by atoms with van der Waals surface area (Å²) in [4.78, 5) is 4.29. The minimum atomic E-state index is -0.175. The van der Waals surface area contributed by atoms with Crippen LogP contribution in [-0.2, 0) is 10.2 Å². The number of unbranched alkanes of at least 4 members (excludes halogenated alkanes) is 1. The Bertz CT molecular complexity index is 512. The molecule has 5 heteroatoms. The zero-order chi connectivity index (χ0) is 17.3. The fraction of sp³-hybridized carbons (Fsp3) is 0.632. The summed E-state index contributed by atoms with van der Waals surface area (Å²) in [5.74, 6) is 0.658. The molecule has 0 saturated heterocycles. The van der Waals surface area contributed by atoms with Crippen LogP contribution in [0.2, 0.25) is 0 Å². The van der Waals surface area contributed by atoms with Gasteiger partial charge in [0.05, 0.1) is 0 Å². The van der Waals surface area contributed by atoms with Gasteiger partial charge in [-0.05, 0) is 50.3 Å². The van der Waals surface area contributed by atoms with E-state index in [0.717, 1.165) is 57.9 Å². The largest absolute Gasteiger partial charge is 0.382 e. The van der Waals surface area contributed by atoms with Crippen LogP contribution in [0.15, 0.2) is 29.3 Å². The van der Waals surface area contributed by atoms with E-state index in [1.807, 2.05) is 19.1 Å². The first-order chi connectivity index (χ1) is 11.7. The minimum absolute atomic E-state index is 0.111. The molecule has 0 heterocycles. The Morgan fingerprint density at radius 3 is 2.54 bits per heavy atom. The predicted octanol–water partition coefficient (Wildman–Crippen LogP) is 3.23. The van der Waals surface area contributed by atoms with Crippen molar-refractivity contribution in [3.8, 4) is 0 Å². The molecule has 2 rings (SSSR count). The van der Waals surface area contributed by atoms with Gasteiger partial charge < -0.3 is 15.4 Å². The maximum absolute atomic E-state index is 13.2. The zero-order valence-electron chi connectivity index (χ0n) is 14.9. The van der Waals surface area contributed by atoms with Gasteiger partial charge in [-0.1, -0.05) is 18.6 Å². The molecule has 1 aromatic rings. The number of nitrogens with one attached hydrogen (secondary N) is 2. The summed E-state index contributed by atoms with van der Waals surface area (Å²) in [5.41, 5.74) is 1.33. The zero-order valence-corrected chi connectivity index (χ0v) is 14.9. The van der Waals surface area contributed by atoms with Crippen molar-refractivity contribution in [2.75, 3.05) is 33.4 Å². The van der Waals surface area contributed by atoms with Crippen LogP contribution in [0.25, 0.3) is 0 Å². The maximum Gasteiger partial charge on any atom is 0.191 e. The van der Waals surface area contributed by atoms with Gasteiger partial charge in [-0.25, -0.2) is 4.39 Å². The van der Waals surface area contributed by atoms with E-state index in [0.29, 0.717) is 0 Å². The van der Waals surface area contributed by atoms with Crippen molar-refractivity contribution in [2.45, 2.75) is 44.4 Å². The van der Waals surface area contributed by atoms with E-state index in [2.05, 4.69) is 15.6 Å². The third-order valence-corrected chi connectivity index (χ3v) is 4.80. The fourth-order valence-electron chi connectivity index (χ4n) is 3.13. The van der Waals surface area contributed by atoms with Crippen LogP contribution in [0.5, 0.6) is 0 Å². The molecular weight excluding hydrogens is 305 g/mol. The Kier molecular flexibility index (Phi) is 7.50. The molecule has 0 bridgehead atoms. The highest BCUT2D eigenvalue weighted by Gasteiger charge is 2.38. The molecule has 0 atom stereocenters. The van der Waals surface area contributed by atoms with Gasteiger partial charge in [-0.3, -0.25) is 4.99 Å². The van der Waals surface area contributed by atoms with Gasteiger partial charge in [0.15, 0.2) is 5.96 Å². The molecule has 1 aromatic carbocycles. The van der Waals surface area contributed by atoms with E-state index in [1.165, 1.54) is 12.0 Å². The topological polar surface area (TPSA) is 45.6 Å². The highest BCUT2D eigenvalue weighted by atomic mass is 19.1. The lowest BCUT2D eigenvalue weighted by Gasteiger charge is -2.43. The van der Waals surface area contributed by atoms with Gasteiger partial charge in [-0.15, -0.1) is 0 Å². The average molecular weight is 335 g/mol. The van der Waals surface area contributed by atoms with Crippen LogP contribution < -0.4 is 10.6 Å². The van der Waals surface area contributed by atoms with Crippen molar-refractivity contribution < 1.29 is 9.13 Å². The van der Waals surface area contributed by atoms with Crippen LogP contribution in [0, 0.1) is 5.82 Å². The van der Waals surface area contributed by atoms with Crippen molar-refractivity contribution in [1.82, 2.24) is 10.6 Å².